The summed E-state index contributed by atoms with van der Waals surface area (Å²) in [5.41, 5.74) is 0.177. The molecule has 1 aromatic heterocycles. The fourth-order valence-electron chi connectivity index (χ4n) is 2.59. The standard InChI is InChI=1S/C16H24ClN3O3S/c1-11-8-13(17)19-14(18-11)24(22)10-12-6-5-7-20(9-12)15(21)23-16(2,3)4/h8,12H,5-7,9-10H2,1-4H3. The lowest BCUT2D eigenvalue weighted by atomic mass is 10.0. The maximum Gasteiger partial charge on any atom is 0.410 e. The van der Waals surface area contributed by atoms with Gasteiger partial charge in [-0.3, -0.25) is 4.21 Å². The van der Waals surface area contributed by atoms with E-state index in [4.69, 9.17) is 16.3 Å². The lowest BCUT2D eigenvalue weighted by Crippen LogP contribution is -2.44. The van der Waals surface area contributed by atoms with Gasteiger partial charge in [-0.1, -0.05) is 11.6 Å². The van der Waals surface area contributed by atoms with Crippen molar-refractivity contribution >= 4 is 28.5 Å². The number of piperidine rings is 1. The van der Waals surface area contributed by atoms with Gasteiger partial charge in [-0.2, -0.15) is 0 Å². The van der Waals surface area contributed by atoms with E-state index in [0.717, 1.165) is 12.8 Å². The minimum Gasteiger partial charge on any atom is -0.444 e. The van der Waals surface area contributed by atoms with Crippen LogP contribution in [0.25, 0.3) is 0 Å². The number of nitrogens with zero attached hydrogens (tertiary/aromatic N) is 3. The first-order valence-corrected chi connectivity index (χ1v) is 9.71. The van der Waals surface area contributed by atoms with Crippen molar-refractivity contribution in [1.82, 2.24) is 14.9 Å². The van der Waals surface area contributed by atoms with Gasteiger partial charge in [0.25, 0.3) is 0 Å². The molecule has 134 valence electrons. The molecule has 2 unspecified atom stereocenters. The highest BCUT2D eigenvalue weighted by Crippen LogP contribution is 2.21. The molecule has 1 aliphatic heterocycles. The molecule has 0 N–H and O–H groups in total. The molecule has 0 spiro atoms. The fourth-order valence-corrected chi connectivity index (χ4v) is 4.17. The molecular weight excluding hydrogens is 350 g/mol. The minimum absolute atomic E-state index is 0.134. The minimum atomic E-state index is -1.33. The van der Waals surface area contributed by atoms with Gasteiger partial charge in [0.05, 0.1) is 10.8 Å². The van der Waals surface area contributed by atoms with Crippen molar-refractivity contribution in [3.8, 4) is 0 Å². The summed E-state index contributed by atoms with van der Waals surface area (Å²) in [6.07, 6.45) is 1.48. The van der Waals surface area contributed by atoms with E-state index in [1.54, 1.807) is 17.9 Å². The zero-order valence-electron chi connectivity index (χ0n) is 14.5. The normalized spacial score (nSPS) is 19.9. The molecule has 24 heavy (non-hydrogen) atoms. The molecule has 1 saturated heterocycles. The van der Waals surface area contributed by atoms with E-state index in [0.29, 0.717) is 29.7 Å². The second-order valence-electron chi connectivity index (χ2n) is 7.06. The van der Waals surface area contributed by atoms with Gasteiger partial charge in [-0.25, -0.2) is 14.8 Å². The summed E-state index contributed by atoms with van der Waals surface area (Å²) in [6.45, 7) is 8.55. The van der Waals surface area contributed by atoms with Crippen LogP contribution in [0, 0.1) is 12.8 Å². The molecule has 8 heteroatoms. The lowest BCUT2D eigenvalue weighted by molar-refractivity contribution is 0.0176. The van der Waals surface area contributed by atoms with Gasteiger partial charge in [0.15, 0.2) is 0 Å². The highest BCUT2D eigenvalue weighted by Gasteiger charge is 2.29. The Morgan fingerprint density at radius 3 is 2.79 bits per heavy atom. The van der Waals surface area contributed by atoms with E-state index in [1.165, 1.54) is 0 Å². The van der Waals surface area contributed by atoms with Crippen LogP contribution >= 0.6 is 11.6 Å². The van der Waals surface area contributed by atoms with E-state index >= 15 is 0 Å². The van der Waals surface area contributed by atoms with Gasteiger partial charge >= 0.3 is 6.09 Å². The average molecular weight is 374 g/mol. The molecular formula is C16H24ClN3O3S. The van der Waals surface area contributed by atoms with Gasteiger partial charge in [0.2, 0.25) is 5.16 Å². The Kier molecular flexibility index (Phi) is 6.20. The summed E-state index contributed by atoms with van der Waals surface area (Å²) in [5.74, 6) is 0.550. The molecule has 0 aromatic carbocycles. The first kappa shape index (κ1) is 19.1. The van der Waals surface area contributed by atoms with Crippen molar-refractivity contribution in [3.63, 3.8) is 0 Å². The number of aryl methyl sites for hydroxylation is 1. The van der Waals surface area contributed by atoms with Gasteiger partial charge in [-0.05, 0) is 52.5 Å². The molecule has 0 aliphatic carbocycles. The molecule has 6 nitrogen and oxygen atoms in total. The molecule has 1 aliphatic rings. The molecule has 2 atom stereocenters. The van der Waals surface area contributed by atoms with Gasteiger partial charge in [-0.15, -0.1) is 0 Å². The van der Waals surface area contributed by atoms with E-state index in [1.807, 2.05) is 20.8 Å². The maximum absolute atomic E-state index is 12.5. The number of hydrogen-bond acceptors (Lipinski definition) is 5. The predicted octanol–water partition coefficient (Wildman–Crippen LogP) is 3.19. The van der Waals surface area contributed by atoms with Crippen LogP contribution in [-0.4, -0.2) is 49.6 Å². The highest BCUT2D eigenvalue weighted by atomic mass is 35.5. The summed E-state index contributed by atoms with van der Waals surface area (Å²) < 4.78 is 17.9. The van der Waals surface area contributed by atoms with Crippen LogP contribution in [0.15, 0.2) is 11.2 Å². The van der Waals surface area contributed by atoms with Crippen LogP contribution in [0.2, 0.25) is 5.15 Å². The number of likely N-dealkylation sites (tertiary alicyclic amines) is 1. The first-order chi connectivity index (χ1) is 11.1. The fraction of sp³-hybridized carbons (Fsp3) is 0.688. The van der Waals surface area contributed by atoms with Crippen LogP contribution in [-0.2, 0) is 15.5 Å². The molecule has 1 aromatic rings. The quantitative estimate of drug-likeness (QED) is 0.601. The Morgan fingerprint density at radius 2 is 2.17 bits per heavy atom. The van der Waals surface area contributed by atoms with Gasteiger partial charge in [0.1, 0.15) is 10.8 Å². The highest BCUT2D eigenvalue weighted by molar-refractivity contribution is 7.84. The SMILES string of the molecule is Cc1cc(Cl)nc(S(=O)CC2CCCN(C(=O)OC(C)(C)C)C2)n1. The van der Waals surface area contributed by atoms with E-state index in [9.17, 15) is 9.00 Å². The number of carbonyl (C=O) groups excluding carboxylic acids is 1. The molecule has 2 rings (SSSR count). The van der Waals surface area contributed by atoms with E-state index in [2.05, 4.69) is 9.97 Å². The summed E-state index contributed by atoms with van der Waals surface area (Å²) in [5, 5.41) is 0.555. The molecule has 1 fully saturated rings. The van der Waals surface area contributed by atoms with Crippen molar-refractivity contribution in [3.05, 3.63) is 16.9 Å². The van der Waals surface area contributed by atoms with Crippen molar-refractivity contribution < 1.29 is 13.7 Å². The number of ether oxygens (including phenoxy) is 1. The molecule has 0 bridgehead atoms. The average Bonchev–Trinajstić information content (AvgIpc) is 2.44. The maximum atomic E-state index is 12.5. The van der Waals surface area contributed by atoms with Crippen molar-refractivity contribution in [2.45, 2.75) is 51.3 Å². The number of rotatable bonds is 3. The summed E-state index contributed by atoms with van der Waals surface area (Å²) in [6, 6.07) is 1.63. The smallest absolute Gasteiger partial charge is 0.410 e. The van der Waals surface area contributed by atoms with Crippen LogP contribution in [0.3, 0.4) is 0 Å². The van der Waals surface area contributed by atoms with Crippen molar-refractivity contribution in [1.29, 1.82) is 0 Å². The Morgan fingerprint density at radius 1 is 1.46 bits per heavy atom. The Labute approximate surface area is 150 Å². The summed E-state index contributed by atoms with van der Waals surface area (Å²) in [7, 11) is -1.33. The Bertz CT molecular complexity index is 613. The molecule has 1 amide bonds. The van der Waals surface area contributed by atoms with Crippen LogP contribution in [0.4, 0.5) is 4.79 Å². The Balaban J connectivity index is 1.97. The third-order valence-electron chi connectivity index (χ3n) is 3.56. The number of halogens is 1. The first-order valence-electron chi connectivity index (χ1n) is 8.01. The van der Waals surface area contributed by atoms with E-state index < -0.39 is 16.4 Å². The van der Waals surface area contributed by atoms with Gasteiger partial charge < -0.3 is 9.64 Å². The molecule has 0 saturated carbocycles. The number of carbonyl (C=O) groups is 1. The van der Waals surface area contributed by atoms with Crippen molar-refractivity contribution in [2.75, 3.05) is 18.8 Å². The van der Waals surface area contributed by atoms with Crippen LogP contribution < -0.4 is 0 Å². The number of amides is 1. The second-order valence-corrected chi connectivity index (χ2v) is 8.84. The third-order valence-corrected chi connectivity index (χ3v) is 5.12. The zero-order valence-corrected chi connectivity index (χ0v) is 16.1. The summed E-state index contributed by atoms with van der Waals surface area (Å²) >= 11 is 5.91. The topological polar surface area (TPSA) is 72.4 Å². The van der Waals surface area contributed by atoms with Crippen molar-refractivity contribution in [2.24, 2.45) is 5.92 Å². The second kappa shape index (κ2) is 7.78. The summed E-state index contributed by atoms with van der Waals surface area (Å²) in [4.78, 5) is 22.1. The molecule has 2 heterocycles. The lowest BCUT2D eigenvalue weighted by Gasteiger charge is -2.33. The predicted molar refractivity (Wildman–Crippen MR) is 93.6 cm³/mol. The van der Waals surface area contributed by atoms with Crippen LogP contribution in [0.1, 0.15) is 39.3 Å². The van der Waals surface area contributed by atoms with Gasteiger partial charge in [0, 0.05) is 24.5 Å². The monoisotopic (exact) mass is 373 g/mol. The zero-order chi connectivity index (χ0) is 17.9. The van der Waals surface area contributed by atoms with E-state index in [-0.39, 0.29) is 17.2 Å². The Hall–Kier alpha value is -1.21. The van der Waals surface area contributed by atoms with Crippen LogP contribution in [0.5, 0.6) is 0 Å². The third kappa shape index (κ3) is 5.70. The number of hydrogen-bond donors (Lipinski definition) is 0. The number of aromatic nitrogens is 2. The molecule has 0 radical (unpaired) electrons. The largest absolute Gasteiger partial charge is 0.444 e.